The lowest BCUT2D eigenvalue weighted by Crippen LogP contribution is -2.41. The molecule has 1 atom stereocenters. The summed E-state index contributed by atoms with van der Waals surface area (Å²) in [5, 5.41) is 2.95. The van der Waals surface area contributed by atoms with Gasteiger partial charge in [0.15, 0.2) is 0 Å². The van der Waals surface area contributed by atoms with Crippen LogP contribution in [0.15, 0.2) is 42.5 Å². The summed E-state index contributed by atoms with van der Waals surface area (Å²) in [4.78, 5) is 12.7. The van der Waals surface area contributed by atoms with E-state index in [1.54, 1.807) is 0 Å². The molecule has 1 aliphatic carbocycles. The summed E-state index contributed by atoms with van der Waals surface area (Å²) in [5.74, 6) is -0.866. The van der Waals surface area contributed by atoms with Crippen LogP contribution in [-0.4, -0.2) is 27.1 Å². The van der Waals surface area contributed by atoms with E-state index >= 15 is 0 Å². The molecule has 7 heteroatoms. The van der Waals surface area contributed by atoms with Crippen LogP contribution < -0.4 is 9.62 Å². The Morgan fingerprint density at radius 1 is 1.10 bits per heavy atom. The van der Waals surface area contributed by atoms with Gasteiger partial charge in [-0.3, -0.25) is 9.10 Å². The topological polar surface area (TPSA) is 66.5 Å². The highest BCUT2D eigenvalue weighted by molar-refractivity contribution is 7.92. The van der Waals surface area contributed by atoms with Gasteiger partial charge < -0.3 is 5.32 Å². The number of nitrogens with one attached hydrogen (secondary N) is 1. The molecule has 0 spiro atoms. The molecule has 1 N–H and O–H groups in total. The van der Waals surface area contributed by atoms with Crippen molar-refractivity contribution in [3.63, 3.8) is 0 Å². The molecule has 0 saturated carbocycles. The summed E-state index contributed by atoms with van der Waals surface area (Å²) >= 11 is 0. The fourth-order valence-electron chi connectivity index (χ4n) is 3.77. The number of amides is 1. The predicted octanol–water partition coefficient (Wildman–Crippen LogP) is 3.74. The van der Waals surface area contributed by atoms with E-state index in [0.29, 0.717) is 6.42 Å². The standard InChI is InChI=1S/C22H27FN2O3S/c1-3-21(18-9-8-16-6-4-5-7-17(16)14-18)24-22(26)15-25(29(2,27)28)20-12-10-19(23)11-13-20/h8-14,21H,3-7,15H2,1-2H3,(H,24,26)/t21-/m0/s1. The molecule has 2 aromatic rings. The lowest BCUT2D eigenvalue weighted by atomic mass is 9.89. The first-order valence-electron chi connectivity index (χ1n) is 9.92. The fraction of sp³-hybridized carbons (Fsp3) is 0.409. The van der Waals surface area contributed by atoms with Crippen molar-refractivity contribution in [3.05, 3.63) is 65.0 Å². The second kappa shape index (κ2) is 8.95. The Kier molecular flexibility index (Phi) is 6.57. The minimum absolute atomic E-state index is 0.190. The molecule has 0 aliphatic heterocycles. The van der Waals surface area contributed by atoms with Gasteiger partial charge in [0.05, 0.1) is 18.0 Å². The molecule has 0 saturated heterocycles. The summed E-state index contributed by atoms with van der Waals surface area (Å²) in [6, 6.07) is 11.2. The molecule has 0 heterocycles. The molecule has 0 bridgehead atoms. The van der Waals surface area contributed by atoms with E-state index in [4.69, 9.17) is 0 Å². The van der Waals surface area contributed by atoms with Gasteiger partial charge in [-0.1, -0.05) is 25.1 Å². The summed E-state index contributed by atoms with van der Waals surface area (Å²) in [6.07, 6.45) is 6.27. The van der Waals surface area contributed by atoms with Gasteiger partial charge in [0.2, 0.25) is 15.9 Å². The Balaban J connectivity index is 1.75. The second-order valence-corrected chi connectivity index (χ2v) is 9.42. The van der Waals surface area contributed by atoms with E-state index in [2.05, 4.69) is 17.4 Å². The first-order valence-corrected chi connectivity index (χ1v) is 11.8. The van der Waals surface area contributed by atoms with Crippen molar-refractivity contribution in [2.24, 2.45) is 0 Å². The number of sulfonamides is 1. The summed E-state index contributed by atoms with van der Waals surface area (Å²) in [7, 11) is -3.70. The van der Waals surface area contributed by atoms with E-state index in [9.17, 15) is 17.6 Å². The molecule has 0 unspecified atom stereocenters. The van der Waals surface area contributed by atoms with E-state index in [1.807, 2.05) is 13.0 Å². The molecule has 2 aromatic carbocycles. The van der Waals surface area contributed by atoms with Crippen LogP contribution in [0.1, 0.15) is 48.9 Å². The summed E-state index contributed by atoms with van der Waals surface area (Å²) < 4.78 is 38.6. The van der Waals surface area contributed by atoms with Gasteiger partial charge in [-0.25, -0.2) is 12.8 Å². The van der Waals surface area contributed by atoms with Gasteiger partial charge in [0, 0.05) is 0 Å². The number of rotatable bonds is 7. The zero-order valence-corrected chi connectivity index (χ0v) is 17.6. The number of aryl methyl sites for hydroxylation is 2. The SMILES string of the molecule is CC[C@H](NC(=O)CN(c1ccc(F)cc1)S(C)(=O)=O)c1ccc2c(c1)CCCC2. The fourth-order valence-corrected chi connectivity index (χ4v) is 4.63. The maximum Gasteiger partial charge on any atom is 0.241 e. The Bertz CT molecular complexity index is 974. The lowest BCUT2D eigenvalue weighted by molar-refractivity contribution is -0.120. The minimum Gasteiger partial charge on any atom is -0.348 e. The van der Waals surface area contributed by atoms with Crippen molar-refractivity contribution in [1.82, 2.24) is 5.32 Å². The second-order valence-electron chi connectivity index (χ2n) is 7.51. The first-order chi connectivity index (χ1) is 13.8. The maximum atomic E-state index is 13.2. The molecule has 0 radical (unpaired) electrons. The molecule has 0 fully saturated rings. The van der Waals surface area contributed by atoms with E-state index in [-0.39, 0.29) is 18.3 Å². The van der Waals surface area contributed by atoms with E-state index < -0.39 is 21.7 Å². The van der Waals surface area contributed by atoms with Crippen LogP contribution in [-0.2, 0) is 27.7 Å². The van der Waals surface area contributed by atoms with Gasteiger partial charge in [0.1, 0.15) is 12.4 Å². The zero-order valence-electron chi connectivity index (χ0n) is 16.8. The maximum absolute atomic E-state index is 13.2. The molecule has 29 heavy (non-hydrogen) atoms. The lowest BCUT2D eigenvalue weighted by Gasteiger charge is -2.25. The number of hydrogen-bond donors (Lipinski definition) is 1. The van der Waals surface area contributed by atoms with Crippen LogP contribution in [0.3, 0.4) is 0 Å². The number of benzene rings is 2. The molecule has 156 valence electrons. The Labute approximate surface area is 172 Å². The quantitative estimate of drug-likeness (QED) is 0.745. The molecular weight excluding hydrogens is 391 g/mol. The van der Waals surface area contributed by atoms with Crippen molar-refractivity contribution in [2.45, 2.75) is 45.1 Å². The average Bonchev–Trinajstić information content (AvgIpc) is 2.70. The molecule has 0 aromatic heterocycles. The molecular formula is C22H27FN2O3S. The number of anilines is 1. The first kappa shape index (κ1) is 21.3. The van der Waals surface area contributed by atoms with Gasteiger partial charge in [-0.15, -0.1) is 0 Å². The molecule has 5 nitrogen and oxygen atoms in total. The number of carbonyl (C=O) groups excluding carboxylic acids is 1. The molecule has 1 amide bonds. The summed E-state index contributed by atoms with van der Waals surface area (Å²) in [6.45, 7) is 1.63. The van der Waals surface area contributed by atoms with E-state index in [1.165, 1.54) is 48.2 Å². The number of nitrogens with zero attached hydrogens (tertiary/aromatic N) is 1. The summed E-state index contributed by atoms with van der Waals surface area (Å²) in [5.41, 5.74) is 4.01. The largest absolute Gasteiger partial charge is 0.348 e. The van der Waals surface area contributed by atoms with Gasteiger partial charge >= 0.3 is 0 Å². The normalized spacial score (nSPS) is 14.7. The third kappa shape index (κ3) is 5.35. The van der Waals surface area contributed by atoms with Crippen LogP contribution in [0.2, 0.25) is 0 Å². The van der Waals surface area contributed by atoms with Crippen molar-refractivity contribution < 1.29 is 17.6 Å². The van der Waals surface area contributed by atoms with Crippen molar-refractivity contribution >= 4 is 21.6 Å². The third-order valence-electron chi connectivity index (χ3n) is 5.32. The van der Waals surface area contributed by atoms with Crippen molar-refractivity contribution in [2.75, 3.05) is 17.1 Å². The minimum atomic E-state index is -3.70. The van der Waals surface area contributed by atoms with E-state index in [0.717, 1.165) is 29.0 Å². The van der Waals surface area contributed by atoms with Crippen LogP contribution in [0.5, 0.6) is 0 Å². The van der Waals surface area contributed by atoms with Crippen LogP contribution in [0.25, 0.3) is 0 Å². The predicted molar refractivity (Wildman–Crippen MR) is 113 cm³/mol. The zero-order chi connectivity index (χ0) is 21.0. The van der Waals surface area contributed by atoms with Gasteiger partial charge in [-0.2, -0.15) is 0 Å². The van der Waals surface area contributed by atoms with Gasteiger partial charge in [0.25, 0.3) is 0 Å². The number of fused-ring (bicyclic) bond motifs is 1. The number of hydrogen-bond acceptors (Lipinski definition) is 3. The van der Waals surface area contributed by atoms with Crippen LogP contribution in [0.4, 0.5) is 10.1 Å². The van der Waals surface area contributed by atoms with Crippen LogP contribution >= 0.6 is 0 Å². The highest BCUT2D eigenvalue weighted by Gasteiger charge is 2.23. The van der Waals surface area contributed by atoms with Crippen molar-refractivity contribution in [3.8, 4) is 0 Å². The average molecular weight is 419 g/mol. The van der Waals surface area contributed by atoms with Gasteiger partial charge in [-0.05, 0) is 73.1 Å². The van der Waals surface area contributed by atoms with Crippen LogP contribution in [0, 0.1) is 5.82 Å². The molecule has 1 aliphatic rings. The monoisotopic (exact) mass is 418 g/mol. The Morgan fingerprint density at radius 2 is 1.76 bits per heavy atom. The Morgan fingerprint density at radius 3 is 2.38 bits per heavy atom. The highest BCUT2D eigenvalue weighted by atomic mass is 32.2. The Hall–Kier alpha value is -2.41. The number of halogens is 1. The smallest absolute Gasteiger partial charge is 0.241 e. The molecule has 3 rings (SSSR count). The highest BCUT2D eigenvalue weighted by Crippen LogP contribution is 2.26. The van der Waals surface area contributed by atoms with Crippen molar-refractivity contribution in [1.29, 1.82) is 0 Å². The third-order valence-corrected chi connectivity index (χ3v) is 6.46. The number of carbonyl (C=O) groups is 1.